The van der Waals surface area contributed by atoms with E-state index in [0.717, 1.165) is 0 Å². The molecule has 1 aromatic heterocycles. The quantitative estimate of drug-likeness (QED) is 0.476. The summed E-state index contributed by atoms with van der Waals surface area (Å²) in [5.74, 6) is 1.34. The third-order valence-corrected chi connectivity index (χ3v) is 3.45. The van der Waals surface area contributed by atoms with E-state index in [1.54, 1.807) is 32.4 Å². The largest absolute Gasteiger partial charge is 0.493 e. The molecule has 0 N–H and O–H groups in total. The van der Waals surface area contributed by atoms with Crippen molar-refractivity contribution in [1.82, 2.24) is 10.2 Å². The molecule has 3 rings (SSSR count). The van der Waals surface area contributed by atoms with E-state index in [1.165, 1.54) is 18.3 Å². The highest BCUT2D eigenvalue weighted by molar-refractivity contribution is 5.84. The van der Waals surface area contributed by atoms with Gasteiger partial charge in [-0.3, -0.25) is 0 Å². The first-order valence-corrected chi connectivity index (χ1v) is 7.66. The second-order valence-corrected chi connectivity index (χ2v) is 5.10. The molecule has 0 saturated carbocycles. The van der Waals surface area contributed by atoms with E-state index in [0.29, 0.717) is 22.6 Å². The molecular formula is C18H16FN3O4. The molecule has 0 aliphatic rings. The average molecular weight is 357 g/mol. The van der Waals surface area contributed by atoms with Crippen LogP contribution in [0, 0.1) is 5.82 Å². The van der Waals surface area contributed by atoms with Gasteiger partial charge in [-0.25, -0.2) is 4.39 Å². The fourth-order valence-corrected chi connectivity index (χ4v) is 2.22. The molecule has 7 nitrogen and oxygen atoms in total. The molecule has 0 spiro atoms. The van der Waals surface area contributed by atoms with Crippen molar-refractivity contribution < 1.29 is 23.1 Å². The SMILES string of the molecule is COc1cccc(/C=N\OCc2nnc(-c3ccc(F)cc3)o2)c1OC. The van der Waals surface area contributed by atoms with Gasteiger partial charge in [0.15, 0.2) is 18.1 Å². The highest BCUT2D eigenvalue weighted by Gasteiger charge is 2.10. The third-order valence-electron chi connectivity index (χ3n) is 3.45. The minimum atomic E-state index is -0.334. The van der Waals surface area contributed by atoms with Crippen molar-refractivity contribution in [3.63, 3.8) is 0 Å². The van der Waals surface area contributed by atoms with Crippen LogP contribution in [0.3, 0.4) is 0 Å². The molecule has 0 atom stereocenters. The van der Waals surface area contributed by atoms with Crippen molar-refractivity contribution in [2.24, 2.45) is 5.16 Å². The Labute approximate surface area is 149 Å². The number of hydrogen-bond donors (Lipinski definition) is 0. The van der Waals surface area contributed by atoms with Gasteiger partial charge >= 0.3 is 0 Å². The van der Waals surface area contributed by atoms with Crippen molar-refractivity contribution in [3.05, 3.63) is 59.7 Å². The van der Waals surface area contributed by atoms with Gasteiger partial charge in [-0.05, 0) is 36.4 Å². The van der Waals surface area contributed by atoms with E-state index in [2.05, 4.69) is 15.4 Å². The van der Waals surface area contributed by atoms with Crippen molar-refractivity contribution in [2.75, 3.05) is 14.2 Å². The van der Waals surface area contributed by atoms with Crippen LogP contribution in [0.15, 0.2) is 52.0 Å². The van der Waals surface area contributed by atoms with E-state index < -0.39 is 0 Å². The van der Waals surface area contributed by atoms with E-state index in [9.17, 15) is 4.39 Å². The fraction of sp³-hybridized carbons (Fsp3) is 0.167. The summed E-state index contributed by atoms with van der Waals surface area (Å²) in [6.07, 6.45) is 1.50. The van der Waals surface area contributed by atoms with Gasteiger partial charge in [0.2, 0.25) is 5.89 Å². The number of aromatic nitrogens is 2. The van der Waals surface area contributed by atoms with Crippen LogP contribution in [0.2, 0.25) is 0 Å². The zero-order valence-corrected chi connectivity index (χ0v) is 14.2. The Bertz CT molecular complexity index is 894. The molecule has 0 radical (unpaired) electrons. The van der Waals surface area contributed by atoms with E-state index >= 15 is 0 Å². The number of nitrogens with zero attached hydrogens (tertiary/aromatic N) is 3. The van der Waals surface area contributed by atoms with Crippen LogP contribution in [0.25, 0.3) is 11.5 Å². The van der Waals surface area contributed by atoms with Gasteiger partial charge in [-0.1, -0.05) is 11.2 Å². The number of halogens is 1. The first kappa shape index (κ1) is 17.4. The second kappa shape index (κ2) is 8.11. The lowest BCUT2D eigenvalue weighted by atomic mass is 10.2. The molecule has 134 valence electrons. The molecule has 0 aliphatic heterocycles. The van der Waals surface area contributed by atoms with Crippen molar-refractivity contribution in [3.8, 4) is 23.0 Å². The molecule has 1 heterocycles. The van der Waals surface area contributed by atoms with Crippen LogP contribution in [-0.2, 0) is 11.4 Å². The standard InChI is InChI=1S/C18H16FN3O4/c1-23-15-5-3-4-13(17(15)24-2)10-20-25-11-16-21-22-18(26-16)12-6-8-14(19)9-7-12/h3-10H,11H2,1-2H3/b20-10-. The van der Waals surface area contributed by atoms with E-state index in [4.69, 9.17) is 18.7 Å². The molecule has 2 aromatic carbocycles. The normalized spacial score (nSPS) is 10.9. The van der Waals surface area contributed by atoms with Crippen LogP contribution in [0.1, 0.15) is 11.5 Å². The topological polar surface area (TPSA) is 79.0 Å². The number of hydrogen-bond acceptors (Lipinski definition) is 7. The lowest BCUT2D eigenvalue weighted by molar-refractivity contribution is 0.112. The Hall–Kier alpha value is -3.42. The zero-order chi connectivity index (χ0) is 18.4. The highest BCUT2D eigenvalue weighted by Crippen LogP contribution is 2.29. The number of rotatable bonds is 7. The summed E-state index contributed by atoms with van der Waals surface area (Å²) >= 11 is 0. The zero-order valence-electron chi connectivity index (χ0n) is 14.2. The Kier molecular flexibility index (Phi) is 5.43. The van der Waals surface area contributed by atoms with Crippen molar-refractivity contribution >= 4 is 6.21 Å². The van der Waals surface area contributed by atoms with E-state index in [-0.39, 0.29) is 24.2 Å². The summed E-state index contributed by atoms with van der Waals surface area (Å²) in [4.78, 5) is 5.18. The van der Waals surface area contributed by atoms with Crippen LogP contribution < -0.4 is 9.47 Å². The smallest absolute Gasteiger partial charge is 0.257 e. The fourth-order valence-electron chi connectivity index (χ4n) is 2.22. The van der Waals surface area contributed by atoms with Gasteiger partial charge in [0.05, 0.1) is 20.4 Å². The van der Waals surface area contributed by atoms with Gasteiger partial charge in [-0.2, -0.15) is 0 Å². The molecule has 8 heteroatoms. The number of para-hydroxylation sites is 1. The van der Waals surface area contributed by atoms with Crippen LogP contribution in [0.4, 0.5) is 4.39 Å². The number of oxime groups is 1. The molecular weight excluding hydrogens is 341 g/mol. The molecule has 26 heavy (non-hydrogen) atoms. The van der Waals surface area contributed by atoms with Gasteiger partial charge in [0, 0.05) is 11.1 Å². The molecule has 0 saturated heterocycles. The van der Waals surface area contributed by atoms with Gasteiger partial charge in [0.25, 0.3) is 5.89 Å². The Morgan fingerprint density at radius 2 is 1.88 bits per heavy atom. The maximum absolute atomic E-state index is 12.9. The lowest BCUT2D eigenvalue weighted by Crippen LogP contribution is -1.95. The van der Waals surface area contributed by atoms with Crippen molar-refractivity contribution in [2.45, 2.75) is 6.61 Å². The Morgan fingerprint density at radius 1 is 1.08 bits per heavy atom. The molecule has 0 unspecified atom stereocenters. The average Bonchev–Trinajstić information content (AvgIpc) is 3.14. The predicted molar refractivity (Wildman–Crippen MR) is 91.6 cm³/mol. The molecule has 0 amide bonds. The number of ether oxygens (including phenoxy) is 2. The monoisotopic (exact) mass is 357 g/mol. The third kappa shape index (κ3) is 3.97. The van der Waals surface area contributed by atoms with Crippen LogP contribution in [0.5, 0.6) is 11.5 Å². The molecule has 0 bridgehead atoms. The maximum atomic E-state index is 12.9. The predicted octanol–water partition coefficient (Wildman–Crippen LogP) is 3.44. The minimum Gasteiger partial charge on any atom is -0.493 e. The summed E-state index contributed by atoms with van der Waals surface area (Å²) in [5, 5.41) is 11.6. The summed E-state index contributed by atoms with van der Waals surface area (Å²) < 4.78 is 28.9. The molecule has 3 aromatic rings. The summed E-state index contributed by atoms with van der Waals surface area (Å²) in [7, 11) is 3.11. The Balaban J connectivity index is 1.62. The van der Waals surface area contributed by atoms with Gasteiger partial charge in [-0.15, -0.1) is 10.2 Å². The van der Waals surface area contributed by atoms with Crippen molar-refractivity contribution in [1.29, 1.82) is 0 Å². The highest BCUT2D eigenvalue weighted by atomic mass is 19.1. The summed E-state index contributed by atoms with van der Waals surface area (Å²) in [6, 6.07) is 11.2. The first-order valence-electron chi connectivity index (χ1n) is 7.66. The summed E-state index contributed by atoms with van der Waals surface area (Å²) in [6.45, 7) is -0.00300. The summed E-state index contributed by atoms with van der Waals surface area (Å²) in [5.41, 5.74) is 1.32. The Morgan fingerprint density at radius 3 is 2.62 bits per heavy atom. The maximum Gasteiger partial charge on any atom is 0.257 e. The van der Waals surface area contributed by atoms with Crippen LogP contribution in [-0.4, -0.2) is 30.6 Å². The van der Waals surface area contributed by atoms with Crippen LogP contribution >= 0.6 is 0 Å². The number of methoxy groups -OCH3 is 2. The number of benzene rings is 2. The van der Waals surface area contributed by atoms with Gasteiger partial charge < -0.3 is 18.7 Å². The second-order valence-electron chi connectivity index (χ2n) is 5.10. The lowest BCUT2D eigenvalue weighted by Gasteiger charge is -2.09. The molecule has 0 aliphatic carbocycles. The molecule has 0 fully saturated rings. The first-order chi connectivity index (χ1) is 12.7. The van der Waals surface area contributed by atoms with E-state index in [1.807, 2.05) is 12.1 Å². The minimum absolute atomic E-state index is 0.00300. The van der Waals surface area contributed by atoms with Gasteiger partial charge in [0.1, 0.15) is 5.82 Å².